The average molecular weight is 303 g/mol. The highest BCUT2D eigenvalue weighted by Gasteiger charge is 2.28. The third kappa shape index (κ3) is 3.03. The fourth-order valence-electron chi connectivity index (χ4n) is 2.29. The second-order valence-corrected chi connectivity index (χ2v) is 5.82. The maximum absolute atomic E-state index is 6.31. The number of ether oxygens (including phenoxy) is 1. The Balaban J connectivity index is 2.07. The second-order valence-electron chi connectivity index (χ2n) is 5.47. The van der Waals surface area contributed by atoms with E-state index in [9.17, 15) is 0 Å². The average Bonchev–Trinajstić information content (AvgIpc) is 3.33. The number of nitrogens with zero attached hydrogens (tertiary/aromatic N) is 2. The molecule has 0 unspecified atom stereocenters. The van der Waals surface area contributed by atoms with E-state index in [1.807, 2.05) is 31.2 Å². The molecule has 1 aromatic carbocycles. The van der Waals surface area contributed by atoms with Crippen molar-refractivity contribution >= 4 is 11.6 Å². The molecule has 1 aliphatic carbocycles. The summed E-state index contributed by atoms with van der Waals surface area (Å²) in [6.07, 6.45) is 3.30. The van der Waals surface area contributed by atoms with E-state index in [1.54, 1.807) is 0 Å². The van der Waals surface area contributed by atoms with Crippen molar-refractivity contribution < 1.29 is 4.74 Å². The van der Waals surface area contributed by atoms with Crippen LogP contribution in [-0.4, -0.2) is 16.6 Å². The molecule has 0 saturated heterocycles. The van der Waals surface area contributed by atoms with Gasteiger partial charge in [0.05, 0.1) is 12.3 Å². The number of para-hydroxylation sites is 1. The number of aromatic nitrogens is 2. The van der Waals surface area contributed by atoms with Gasteiger partial charge in [0.2, 0.25) is 0 Å². The first-order chi connectivity index (χ1) is 10.2. The Hall–Kier alpha value is -1.61. The van der Waals surface area contributed by atoms with Crippen LogP contribution in [0.5, 0.6) is 5.75 Å². The van der Waals surface area contributed by atoms with Crippen LogP contribution in [0.15, 0.2) is 24.3 Å². The molecule has 0 radical (unpaired) electrons. The minimum atomic E-state index is 0.477. The molecule has 21 heavy (non-hydrogen) atoms. The maximum Gasteiger partial charge on any atom is 0.136 e. The van der Waals surface area contributed by atoms with Crippen molar-refractivity contribution in [2.45, 2.75) is 39.0 Å². The van der Waals surface area contributed by atoms with Gasteiger partial charge in [-0.15, -0.1) is 0 Å². The van der Waals surface area contributed by atoms with Crippen LogP contribution in [0.3, 0.4) is 0 Å². The number of benzene rings is 1. The van der Waals surface area contributed by atoms with Crippen LogP contribution in [0.1, 0.15) is 43.5 Å². The number of rotatable bonds is 5. The highest BCUT2D eigenvalue weighted by atomic mass is 35.5. The van der Waals surface area contributed by atoms with Crippen LogP contribution >= 0.6 is 11.6 Å². The largest absolute Gasteiger partial charge is 0.493 e. The number of halogens is 1. The van der Waals surface area contributed by atoms with Crippen molar-refractivity contribution in [3.8, 4) is 17.0 Å². The lowest BCUT2D eigenvalue weighted by Gasteiger charge is -2.13. The summed E-state index contributed by atoms with van der Waals surface area (Å²) in [5.74, 6) is 2.20. The Morgan fingerprint density at radius 1 is 1.24 bits per heavy atom. The molecule has 3 nitrogen and oxygen atoms in total. The first kappa shape index (κ1) is 14.3. The number of hydrogen-bond acceptors (Lipinski definition) is 3. The lowest BCUT2D eigenvalue weighted by atomic mass is 10.1. The highest BCUT2D eigenvalue weighted by molar-refractivity contribution is 6.30. The molecule has 0 aliphatic heterocycles. The van der Waals surface area contributed by atoms with Gasteiger partial charge in [-0.2, -0.15) is 0 Å². The van der Waals surface area contributed by atoms with Crippen molar-refractivity contribution in [3.05, 3.63) is 40.8 Å². The maximum atomic E-state index is 6.31. The molecule has 1 aromatic heterocycles. The van der Waals surface area contributed by atoms with Crippen LogP contribution in [0.2, 0.25) is 5.15 Å². The van der Waals surface area contributed by atoms with E-state index in [0.29, 0.717) is 17.7 Å². The molecule has 1 saturated carbocycles. The molecule has 0 bridgehead atoms. The third-order valence-corrected chi connectivity index (χ3v) is 4.02. The zero-order valence-corrected chi connectivity index (χ0v) is 13.2. The summed E-state index contributed by atoms with van der Waals surface area (Å²) in [6, 6.07) is 8.00. The summed E-state index contributed by atoms with van der Waals surface area (Å²) in [7, 11) is 0. The van der Waals surface area contributed by atoms with Gasteiger partial charge in [0, 0.05) is 17.0 Å². The summed E-state index contributed by atoms with van der Waals surface area (Å²) < 4.78 is 5.85. The minimum absolute atomic E-state index is 0.477. The highest BCUT2D eigenvalue weighted by Crippen LogP contribution is 2.41. The molecule has 1 fully saturated rings. The van der Waals surface area contributed by atoms with Crippen LogP contribution in [0.25, 0.3) is 11.3 Å². The molecule has 0 N–H and O–H groups in total. The Morgan fingerprint density at radius 2 is 2.00 bits per heavy atom. The summed E-state index contributed by atoms with van der Waals surface area (Å²) >= 11 is 6.31. The quantitative estimate of drug-likeness (QED) is 0.746. The summed E-state index contributed by atoms with van der Waals surface area (Å²) in [5, 5.41) is 0.548. The van der Waals surface area contributed by atoms with Gasteiger partial charge in [0.25, 0.3) is 0 Å². The Morgan fingerprint density at radius 3 is 2.71 bits per heavy atom. The first-order valence-corrected chi connectivity index (χ1v) is 7.84. The summed E-state index contributed by atoms with van der Waals surface area (Å²) in [4.78, 5) is 9.18. The standard InChI is InChI=1S/C17H19ClN2O/c1-3-10-21-14-7-5-4-6-13(14)15-11(2)16(18)20-17(19-15)12-8-9-12/h4-7,12H,3,8-10H2,1-2H3. The molecule has 0 spiro atoms. The molecule has 3 rings (SSSR count). The Bertz CT molecular complexity index is 653. The van der Waals surface area contributed by atoms with Gasteiger partial charge in [-0.05, 0) is 38.3 Å². The molecule has 110 valence electrons. The fourth-order valence-corrected chi connectivity index (χ4v) is 2.47. The molecular formula is C17H19ClN2O. The van der Waals surface area contributed by atoms with Crippen molar-refractivity contribution in [1.82, 2.24) is 9.97 Å². The van der Waals surface area contributed by atoms with Crippen LogP contribution in [-0.2, 0) is 0 Å². The van der Waals surface area contributed by atoms with E-state index in [-0.39, 0.29) is 0 Å². The lowest BCUT2D eigenvalue weighted by Crippen LogP contribution is -2.02. The minimum Gasteiger partial charge on any atom is -0.493 e. The van der Waals surface area contributed by atoms with E-state index in [0.717, 1.165) is 47.7 Å². The van der Waals surface area contributed by atoms with Gasteiger partial charge in [0.1, 0.15) is 16.7 Å². The Kier molecular flexibility index (Phi) is 4.11. The SMILES string of the molecule is CCCOc1ccccc1-c1nc(C2CC2)nc(Cl)c1C. The predicted octanol–water partition coefficient (Wildman–Crippen LogP) is 4.77. The van der Waals surface area contributed by atoms with E-state index in [2.05, 4.69) is 11.9 Å². The third-order valence-electron chi connectivity index (χ3n) is 3.65. The summed E-state index contributed by atoms with van der Waals surface area (Å²) in [5.41, 5.74) is 2.80. The molecule has 2 aromatic rings. The number of hydrogen-bond donors (Lipinski definition) is 0. The van der Waals surface area contributed by atoms with E-state index < -0.39 is 0 Å². The zero-order valence-electron chi connectivity index (χ0n) is 12.4. The van der Waals surface area contributed by atoms with Crippen molar-refractivity contribution in [1.29, 1.82) is 0 Å². The van der Waals surface area contributed by atoms with Gasteiger partial charge in [-0.3, -0.25) is 0 Å². The molecule has 1 aliphatic rings. The molecule has 0 atom stereocenters. The fraction of sp³-hybridized carbons (Fsp3) is 0.412. The Labute approximate surface area is 130 Å². The smallest absolute Gasteiger partial charge is 0.136 e. The predicted molar refractivity (Wildman–Crippen MR) is 85.0 cm³/mol. The second kappa shape index (κ2) is 6.02. The molecular weight excluding hydrogens is 284 g/mol. The van der Waals surface area contributed by atoms with Gasteiger partial charge < -0.3 is 4.74 Å². The van der Waals surface area contributed by atoms with E-state index in [4.69, 9.17) is 21.3 Å². The van der Waals surface area contributed by atoms with Gasteiger partial charge in [-0.25, -0.2) is 9.97 Å². The topological polar surface area (TPSA) is 35.0 Å². The van der Waals surface area contributed by atoms with Gasteiger partial charge in [0.15, 0.2) is 0 Å². The van der Waals surface area contributed by atoms with Crippen LogP contribution in [0, 0.1) is 6.92 Å². The summed E-state index contributed by atoms with van der Waals surface area (Å²) in [6.45, 7) is 4.76. The van der Waals surface area contributed by atoms with Crippen molar-refractivity contribution in [2.24, 2.45) is 0 Å². The van der Waals surface area contributed by atoms with Gasteiger partial charge >= 0.3 is 0 Å². The van der Waals surface area contributed by atoms with Gasteiger partial charge in [-0.1, -0.05) is 30.7 Å². The van der Waals surface area contributed by atoms with Crippen LogP contribution < -0.4 is 4.74 Å². The monoisotopic (exact) mass is 302 g/mol. The molecule has 0 amide bonds. The normalized spacial score (nSPS) is 14.2. The molecule has 4 heteroatoms. The molecule has 1 heterocycles. The van der Waals surface area contributed by atoms with Crippen molar-refractivity contribution in [2.75, 3.05) is 6.61 Å². The first-order valence-electron chi connectivity index (χ1n) is 7.47. The lowest BCUT2D eigenvalue weighted by molar-refractivity contribution is 0.318. The van der Waals surface area contributed by atoms with E-state index in [1.165, 1.54) is 0 Å². The van der Waals surface area contributed by atoms with E-state index >= 15 is 0 Å². The van der Waals surface area contributed by atoms with Crippen LogP contribution in [0.4, 0.5) is 0 Å². The zero-order chi connectivity index (χ0) is 14.8. The van der Waals surface area contributed by atoms with Crippen molar-refractivity contribution in [3.63, 3.8) is 0 Å².